The fourth-order valence-electron chi connectivity index (χ4n) is 0.274. The summed E-state index contributed by atoms with van der Waals surface area (Å²) in [6.45, 7) is 3.84. The molecule has 0 unspecified atom stereocenters. The van der Waals surface area contributed by atoms with E-state index in [1.165, 1.54) is 0 Å². The summed E-state index contributed by atoms with van der Waals surface area (Å²) in [5.74, 6) is -0.808. The average Bonchev–Trinajstić information content (AvgIpc) is 1.89. The van der Waals surface area contributed by atoms with Crippen molar-refractivity contribution in [2.24, 2.45) is 0 Å². The number of carbonyl (C=O) groups excluding carboxylic acids is 1. The normalized spacial score (nSPS) is 10.6. The number of aldehydes is 1. The lowest BCUT2D eigenvalue weighted by molar-refractivity contribution is -0.106. The van der Waals surface area contributed by atoms with Crippen molar-refractivity contribution in [3.63, 3.8) is 0 Å². The lowest BCUT2D eigenvalue weighted by Crippen LogP contribution is -2.04. The maximum Gasteiger partial charge on any atom is 0.179 e. The van der Waals surface area contributed by atoms with Gasteiger partial charge in [0.25, 0.3) is 0 Å². The predicted molar refractivity (Wildman–Crippen MR) is 33.5 cm³/mol. The Morgan fingerprint density at radius 2 is 2.44 bits per heavy atom. The molecule has 0 aromatic heterocycles. The summed E-state index contributed by atoms with van der Waals surface area (Å²) in [5, 5.41) is 2.50. The van der Waals surface area contributed by atoms with E-state index in [2.05, 4.69) is 11.9 Å². The molecule has 0 bridgehead atoms. The molecule has 0 radical (unpaired) electrons. The molecule has 0 aliphatic carbocycles. The molecule has 3 heteroatoms. The van der Waals surface area contributed by atoms with Crippen molar-refractivity contribution in [2.45, 2.75) is 0 Å². The van der Waals surface area contributed by atoms with Gasteiger partial charge in [-0.3, -0.25) is 4.79 Å². The third-order valence-corrected chi connectivity index (χ3v) is 0.615. The molecule has 1 N–H and O–H groups in total. The molecule has 0 saturated carbocycles. The highest BCUT2D eigenvalue weighted by molar-refractivity contribution is 5.69. The number of rotatable bonds is 4. The highest BCUT2D eigenvalue weighted by atomic mass is 19.1. The lowest BCUT2D eigenvalue weighted by atomic mass is 10.6. The SMILES string of the molecule is C=CCN/C=C(\F)C=O. The number of carbonyl (C=O) groups is 1. The van der Waals surface area contributed by atoms with E-state index in [9.17, 15) is 9.18 Å². The Hall–Kier alpha value is -1.12. The summed E-state index contributed by atoms with van der Waals surface area (Å²) in [5.41, 5.74) is 0. The molecule has 0 fully saturated rings. The number of hydrogen-bond donors (Lipinski definition) is 1. The average molecular weight is 129 g/mol. The molecule has 0 saturated heterocycles. The van der Waals surface area contributed by atoms with E-state index >= 15 is 0 Å². The molecule has 9 heavy (non-hydrogen) atoms. The second kappa shape index (κ2) is 5.03. The highest BCUT2D eigenvalue weighted by Crippen LogP contribution is 1.84. The van der Waals surface area contributed by atoms with Crippen LogP contribution in [-0.4, -0.2) is 12.8 Å². The molecule has 0 aliphatic heterocycles. The summed E-state index contributed by atoms with van der Waals surface area (Å²) in [6, 6.07) is 0. The van der Waals surface area contributed by atoms with Crippen LogP contribution >= 0.6 is 0 Å². The van der Waals surface area contributed by atoms with Crippen LogP contribution in [0.3, 0.4) is 0 Å². The molecule has 0 aromatic rings. The third-order valence-electron chi connectivity index (χ3n) is 0.615. The summed E-state index contributed by atoms with van der Waals surface area (Å²) in [6.07, 6.45) is 2.69. The molecule has 2 nitrogen and oxygen atoms in total. The molecular formula is C6H8FNO. The lowest BCUT2D eigenvalue weighted by Gasteiger charge is -1.89. The Bertz CT molecular complexity index is 131. The highest BCUT2D eigenvalue weighted by Gasteiger charge is 1.84. The first kappa shape index (κ1) is 7.88. The first-order valence-corrected chi connectivity index (χ1v) is 2.46. The van der Waals surface area contributed by atoms with E-state index in [1.807, 2.05) is 0 Å². The molecule has 0 atom stereocenters. The minimum Gasteiger partial charge on any atom is -0.385 e. The van der Waals surface area contributed by atoms with Crippen LogP contribution in [0.2, 0.25) is 0 Å². The van der Waals surface area contributed by atoms with Crippen LogP contribution in [0.5, 0.6) is 0 Å². The Balaban J connectivity index is 3.42. The Morgan fingerprint density at radius 1 is 1.78 bits per heavy atom. The maximum absolute atomic E-state index is 11.9. The number of nitrogens with one attached hydrogen (secondary N) is 1. The van der Waals surface area contributed by atoms with Crippen molar-refractivity contribution in [1.82, 2.24) is 5.32 Å². The largest absolute Gasteiger partial charge is 0.385 e. The third kappa shape index (κ3) is 4.74. The molecule has 0 amide bonds. The van der Waals surface area contributed by atoms with E-state index in [0.29, 0.717) is 6.54 Å². The number of halogens is 1. The molecule has 0 heterocycles. The Morgan fingerprint density at radius 3 is 2.89 bits per heavy atom. The smallest absolute Gasteiger partial charge is 0.179 e. The summed E-state index contributed by atoms with van der Waals surface area (Å²) >= 11 is 0. The molecule has 0 aliphatic rings. The molecule has 0 spiro atoms. The van der Waals surface area contributed by atoms with E-state index < -0.39 is 5.83 Å². The van der Waals surface area contributed by atoms with Gasteiger partial charge in [0, 0.05) is 12.7 Å². The van der Waals surface area contributed by atoms with Crippen LogP contribution in [-0.2, 0) is 4.79 Å². The van der Waals surface area contributed by atoms with Gasteiger partial charge < -0.3 is 5.32 Å². The quantitative estimate of drug-likeness (QED) is 0.263. The van der Waals surface area contributed by atoms with Gasteiger partial charge in [-0.2, -0.15) is 0 Å². The molecule has 50 valence electrons. The van der Waals surface area contributed by atoms with E-state index in [-0.39, 0.29) is 6.29 Å². The Labute approximate surface area is 53.1 Å². The van der Waals surface area contributed by atoms with Gasteiger partial charge in [-0.05, 0) is 0 Å². The second-order valence-electron chi connectivity index (χ2n) is 1.34. The zero-order valence-electron chi connectivity index (χ0n) is 4.93. The molecule has 0 aromatic carbocycles. The minimum atomic E-state index is -0.808. The van der Waals surface area contributed by atoms with E-state index in [0.717, 1.165) is 6.20 Å². The van der Waals surface area contributed by atoms with Gasteiger partial charge in [0.1, 0.15) is 0 Å². The number of allylic oxidation sites excluding steroid dienone is 1. The van der Waals surface area contributed by atoms with Crippen LogP contribution in [0, 0.1) is 0 Å². The van der Waals surface area contributed by atoms with Gasteiger partial charge in [0.15, 0.2) is 12.1 Å². The van der Waals surface area contributed by atoms with Crippen LogP contribution in [0.15, 0.2) is 24.7 Å². The van der Waals surface area contributed by atoms with Crippen molar-refractivity contribution in [1.29, 1.82) is 0 Å². The maximum atomic E-state index is 11.9. The summed E-state index contributed by atoms with van der Waals surface area (Å²) < 4.78 is 11.9. The second-order valence-corrected chi connectivity index (χ2v) is 1.34. The topological polar surface area (TPSA) is 29.1 Å². The summed E-state index contributed by atoms with van der Waals surface area (Å²) in [7, 11) is 0. The van der Waals surface area contributed by atoms with Gasteiger partial charge in [0.2, 0.25) is 0 Å². The van der Waals surface area contributed by atoms with E-state index in [1.54, 1.807) is 6.08 Å². The van der Waals surface area contributed by atoms with Gasteiger partial charge in [0.05, 0.1) is 0 Å². The van der Waals surface area contributed by atoms with Crippen LogP contribution < -0.4 is 5.32 Å². The van der Waals surface area contributed by atoms with Crippen LogP contribution in [0.4, 0.5) is 4.39 Å². The first-order chi connectivity index (χ1) is 4.31. The van der Waals surface area contributed by atoms with Gasteiger partial charge in [-0.15, -0.1) is 6.58 Å². The van der Waals surface area contributed by atoms with Gasteiger partial charge in [-0.25, -0.2) is 4.39 Å². The minimum absolute atomic E-state index is 0.135. The fourth-order valence-corrected chi connectivity index (χ4v) is 0.274. The van der Waals surface area contributed by atoms with Crippen molar-refractivity contribution in [2.75, 3.05) is 6.54 Å². The van der Waals surface area contributed by atoms with Crippen LogP contribution in [0.1, 0.15) is 0 Å². The zero-order chi connectivity index (χ0) is 7.11. The monoisotopic (exact) mass is 129 g/mol. The zero-order valence-corrected chi connectivity index (χ0v) is 4.93. The van der Waals surface area contributed by atoms with Crippen molar-refractivity contribution < 1.29 is 9.18 Å². The number of hydrogen-bond acceptors (Lipinski definition) is 2. The predicted octanol–water partition coefficient (Wildman–Crippen LogP) is 0.772. The standard InChI is InChI=1S/C6H8FNO/c1-2-3-8-4-6(7)5-9/h2,4-5,8H,1,3H2/b6-4-. The molecule has 0 rings (SSSR count). The van der Waals surface area contributed by atoms with Crippen molar-refractivity contribution in [3.8, 4) is 0 Å². The van der Waals surface area contributed by atoms with Gasteiger partial charge >= 0.3 is 0 Å². The Kier molecular flexibility index (Phi) is 4.40. The van der Waals surface area contributed by atoms with E-state index in [4.69, 9.17) is 0 Å². The molecular weight excluding hydrogens is 121 g/mol. The summed E-state index contributed by atoms with van der Waals surface area (Å²) in [4.78, 5) is 9.59. The van der Waals surface area contributed by atoms with Crippen molar-refractivity contribution in [3.05, 3.63) is 24.7 Å². The van der Waals surface area contributed by atoms with Gasteiger partial charge in [-0.1, -0.05) is 6.08 Å². The first-order valence-electron chi connectivity index (χ1n) is 2.46. The van der Waals surface area contributed by atoms with Crippen LogP contribution in [0.25, 0.3) is 0 Å². The fraction of sp³-hybridized carbons (Fsp3) is 0.167. The van der Waals surface area contributed by atoms with Crippen molar-refractivity contribution >= 4 is 6.29 Å².